The third-order valence-corrected chi connectivity index (χ3v) is 6.60. The molecule has 33 heavy (non-hydrogen) atoms. The highest BCUT2D eigenvalue weighted by Crippen LogP contribution is 2.37. The van der Waals surface area contributed by atoms with E-state index in [0.29, 0.717) is 23.9 Å². The number of nitrogens with zero attached hydrogens (tertiary/aromatic N) is 2. The molecule has 0 radical (unpaired) electrons. The average molecular weight is 469 g/mol. The Morgan fingerprint density at radius 1 is 1.15 bits per heavy atom. The molecule has 2 unspecified atom stereocenters. The lowest BCUT2D eigenvalue weighted by molar-refractivity contribution is -0.121. The molecular formula is C24H28N4O4S. The van der Waals surface area contributed by atoms with E-state index in [-0.39, 0.29) is 17.3 Å². The minimum absolute atomic E-state index is 0.0234. The summed E-state index contributed by atoms with van der Waals surface area (Å²) in [5.74, 6) is 2.19. The molecule has 0 saturated carbocycles. The standard InChI is InChI=1S/C24H28N4O4S/c1-30-18-9-5-16(6-10-18)21(14-22(29)25-15-20-4-3-13-32-20)33-24-26-23(27-28-24)17-7-11-19(31-2)12-8-17/h5-12,20-21H,3-4,13-15H2,1-2H3,(H,25,29)(H,26,27,28). The highest BCUT2D eigenvalue weighted by atomic mass is 32.2. The van der Waals surface area contributed by atoms with Crippen LogP contribution in [0.5, 0.6) is 11.5 Å². The maximum atomic E-state index is 12.7. The van der Waals surface area contributed by atoms with Crippen LogP contribution in [0.25, 0.3) is 11.4 Å². The molecule has 9 heteroatoms. The predicted octanol–water partition coefficient (Wildman–Crippen LogP) is 4.01. The summed E-state index contributed by atoms with van der Waals surface area (Å²) < 4.78 is 16.1. The van der Waals surface area contributed by atoms with Gasteiger partial charge in [0.25, 0.3) is 0 Å². The first-order valence-corrected chi connectivity index (χ1v) is 11.8. The van der Waals surface area contributed by atoms with Crippen LogP contribution in [0.4, 0.5) is 0 Å². The van der Waals surface area contributed by atoms with Crippen molar-refractivity contribution < 1.29 is 19.0 Å². The lowest BCUT2D eigenvalue weighted by atomic mass is 10.1. The monoisotopic (exact) mass is 468 g/mol. The Kier molecular flexibility index (Phi) is 7.85. The maximum Gasteiger partial charge on any atom is 0.221 e. The van der Waals surface area contributed by atoms with Crippen molar-refractivity contribution in [1.29, 1.82) is 0 Å². The highest BCUT2D eigenvalue weighted by Gasteiger charge is 2.22. The molecule has 0 spiro atoms. The second kappa shape index (κ2) is 11.2. The number of carbonyl (C=O) groups is 1. The molecular weight excluding hydrogens is 440 g/mol. The Morgan fingerprint density at radius 2 is 1.85 bits per heavy atom. The van der Waals surface area contributed by atoms with Crippen LogP contribution in [0.3, 0.4) is 0 Å². The third-order valence-electron chi connectivity index (χ3n) is 5.49. The highest BCUT2D eigenvalue weighted by molar-refractivity contribution is 7.99. The predicted molar refractivity (Wildman–Crippen MR) is 127 cm³/mol. The van der Waals surface area contributed by atoms with Gasteiger partial charge in [0.1, 0.15) is 11.5 Å². The number of aromatic nitrogens is 3. The first-order chi connectivity index (χ1) is 16.1. The van der Waals surface area contributed by atoms with Crippen LogP contribution in [-0.4, -0.2) is 54.6 Å². The molecule has 3 aromatic rings. The number of amides is 1. The Labute approximate surface area is 197 Å². The summed E-state index contributed by atoms with van der Waals surface area (Å²) in [5, 5.41) is 10.8. The fraction of sp³-hybridized carbons (Fsp3) is 0.375. The molecule has 1 amide bonds. The number of thioether (sulfide) groups is 1. The van der Waals surface area contributed by atoms with Crippen molar-refractivity contribution in [3.63, 3.8) is 0 Å². The molecule has 1 aromatic heterocycles. The van der Waals surface area contributed by atoms with Crippen LogP contribution >= 0.6 is 11.8 Å². The van der Waals surface area contributed by atoms with Crippen LogP contribution in [0.1, 0.15) is 30.1 Å². The maximum absolute atomic E-state index is 12.7. The lowest BCUT2D eigenvalue weighted by Gasteiger charge is -2.17. The summed E-state index contributed by atoms with van der Waals surface area (Å²) in [4.78, 5) is 17.3. The van der Waals surface area contributed by atoms with Crippen LogP contribution < -0.4 is 14.8 Å². The van der Waals surface area contributed by atoms with E-state index in [2.05, 4.69) is 20.5 Å². The molecule has 2 N–H and O–H groups in total. The summed E-state index contributed by atoms with van der Waals surface area (Å²) >= 11 is 1.45. The van der Waals surface area contributed by atoms with Crippen LogP contribution in [-0.2, 0) is 9.53 Å². The van der Waals surface area contributed by atoms with Gasteiger partial charge in [-0.2, -0.15) is 0 Å². The second-order valence-corrected chi connectivity index (χ2v) is 8.89. The quantitative estimate of drug-likeness (QED) is 0.434. The molecule has 8 nitrogen and oxygen atoms in total. The van der Waals surface area contributed by atoms with Crippen LogP contribution in [0.15, 0.2) is 53.7 Å². The number of hydrogen-bond donors (Lipinski definition) is 2. The first-order valence-electron chi connectivity index (χ1n) is 10.9. The summed E-state index contributed by atoms with van der Waals surface area (Å²) in [6, 6.07) is 15.3. The van der Waals surface area contributed by atoms with Gasteiger partial charge in [-0.3, -0.25) is 9.89 Å². The van der Waals surface area contributed by atoms with Gasteiger partial charge in [-0.25, -0.2) is 4.98 Å². The van der Waals surface area contributed by atoms with E-state index < -0.39 is 0 Å². The molecule has 2 heterocycles. The van der Waals surface area contributed by atoms with Crippen molar-refractivity contribution in [1.82, 2.24) is 20.5 Å². The summed E-state index contributed by atoms with van der Waals surface area (Å²) in [5.41, 5.74) is 1.91. The van der Waals surface area contributed by atoms with E-state index in [1.165, 1.54) is 11.8 Å². The minimum Gasteiger partial charge on any atom is -0.497 e. The van der Waals surface area contributed by atoms with Crippen molar-refractivity contribution in [3.8, 4) is 22.9 Å². The molecule has 4 rings (SSSR count). The zero-order valence-electron chi connectivity index (χ0n) is 18.7. The number of nitrogens with one attached hydrogen (secondary N) is 2. The van der Waals surface area contributed by atoms with E-state index in [1.54, 1.807) is 14.2 Å². The normalized spacial score (nSPS) is 16.4. The number of hydrogen-bond acceptors (Lipinski definition) is 7. The van der Waals surface area contributed by atoms with Gasteiger partial charge in [0.15, 0.2) is 5.82 Å². The number of aromatic amines is 1. The van der Waals surface area contributed by atoms with Gasteiger partial charge in [0.05, 0.1) is 20.3 Å². The number of ether oxygens (including phenoxy) is 3. The summed E-state index contributed by atoms with van der Waals surface area (Å²) in [6.07, 6.45) is 2.45. The SMILES string of the molecule is COc1ccc(-c2nc(SC(CC(=O)NCC3CCCO3)c3ccc(OC)cc3)n[nH]2)cc1. The van der Waals surface area contributed by atoms with E-state index in [1.807, 2.05) is 48.5 Å². The minimum atomic E-state index is -0.153. The zero-order chi connectivity index (χ0) is 23.0. The van der Waals surface area contributed by atoms with Crippen molar-refractivity contribution in [2.24, 2.45) is 0 Å². The Morgan fingerprint density at radius 3 is 2.48 bits per heavy atom. The molecule has 174 valence electrons. The second-order valence-electron chi connectivity index (χ2n) is 7.72. The molecule has 2 atom stereocenters. The zero-order valence-corrected chi connectivity index (χ0v) is 19.6. The Hall–Kier alpha value is -3.04. The molecule has 1 fully saturated rings. The van der Waals surface area contributed by atoms with Crippen molar-refractivity contribution in [3.05, 3.63) is 54.1 Å². The molecule has 0 aliphatic carbocycles. The molecule has 1 aliphatic heterocycles. The fourth-order valence-electron chi connectivity index (χ4n) is 3.62. The van der Waals surface area contributed by atoms with Gasteiger partial charge >= 0.3 is 0 Å². The van der Waals surface area contributed by atoms with E-state index in [4.69, 9.17) is 14.2 Å². The number of H-pyrrole nitrogens is 1. The largest absolute Gasteiger partial charge is 0.497 e. The topological polar surface area (TPSA) is 98.4 Å². The van der Waals surface area contributed by atoms with Crippen LogP contribution in [0.2, 0.25) is 0 Å². The van der Waals surface area contributed by atoms with Crippen molar-refractivity contribution >= 4 is 17.7 Å². The Bertz CT molecular complexity index is 1030. The van der Waals surface area contributed by atoms with Gasteiger partial charge in [-0.15, -0.1) is 5.10 Å². The molecule has 2 aromatic carbocycles. The average Bonchev–Trinajstić information content (AvgIpc) is 3.55. The fourth-order valence-corrected chi connectivity index (χ4v) is 4.65. The molecule has 1 saturated heterocycles. The summed E-state index contributed by atoms with van der Waals surface area (Å²) in [6.45, 7) is 1.31. The number of carbonyl (C=O) groups excluding carboxylic acids is 1. The van der Waals surface area contributed by atoms with Gasteiger partial charge in [-0.05, 0) is 54.8 Å². The van der Waals surface area contributed by atoms with Gasteiger partial charge in [0, 0.05) is 30.4 Å². The molecule has 1 aliphatic rings. The summed E-state index contributed by atoms with van der Waals surface area (Å²) in [7, 11) is 3.27. The number of benzene rings is 2. The van der Waals surface area contributed by atoms with Crippen molar-refractivity contribution in [2.45, 2.75) is 35.8 Å². The molecule has 0 bridgehead atoms. The van der Waals surface area contributed by atoms with Gasteiger partial charge in [0.2, 0.25) is 11.1 Å². The lowest BCUT2D eigenvalue weighted by Crippen LogP contribution is -2.32. The third kappa shape index (κ3) is 6.27. The number of methoxy groups -OCH3 is 2. The Balaban J connectivity index is 1.46. The van der Waals surface area contributed by atoms with Crippen LogP contribution in [0, 0.1) is 0 Å². The van der Waals surface area contributed by atoms with Gasteiger partial charge in [-0.1, -0.05) is 23.9 Å². The van der Waals surface area contributed by atoms with E-state index in [9.17, 15) is 4.79 Å². The van der Waals surface area contributed by atoms with E-state index in [0.717, 1.165) is 42.1 Å². The van der Waals surface area contributed by atoms with Crippen molar-refractivity contribution in [2.75, 3.05) is 27.4 Å². The first kappa shape index (κ1) is 23.1. The van der Waals surface area contributed by atoms with E-state index >= 15 is 0 Å². The van der Waals surface area contributed by atoms with Gasteiger partial charge < -0.3 is 19.5 Å². The smallest absolute Gasteiger partial charge is 0.221 e. The number of rotatable bonds is 10.